The fourth-order valence-corrected chi connectivity index (χ4v) is 4.83. The van der Waals surface area contributed by atoms with E-state index in [1.165, 1.54) is 0 Å². The Morgan fingerprint density at radius 2 is 0.783 bits per heavy atom. The van der Waals surface area contributed by atoms with Crippen molar-refractivity contribution in [3.05, 3.63) is 0 Å². The first-order chi connectivity index (χ1) is 10.7. The molecule has 0 saturated heterocycles. The predicted molar refractivity (Wildman–Crippen MR) is 98.2 cm³/mol. The highest BCUT2D eigenvalue weighted by atomic mass is 28.2. The normalized spacial score (nSPS) is 12.8. The van der Waals surface area contributed by atoms with Gasteiger partial charge in [0.05, 0.1) is 24.4 Å². The van der Waals surface area contributed by atoms with Crippen LogP contribution in [0.3, 0.4) is 0 Å². The van der Waals surface area contributed by atoms with Crippen LogP contribution in [0.25, 0.3) is 0 Å². The molecular formula is C17H36O4Si2. The van der Waals surface area contributed by atoms with Crippen LogP contribution in [0.15, 0.2) is 0 Å². The van der Waals surface area contributed by atoms with E-state index >= 15 is 0 Å². The second-order valence-corrected chi connectivity index (χ2v) is 9.42. The van der Waals surface area contributed by atoms with Crippen molar-refractivity contribution in [2.45, 2.75) is 110 Å². The minimum Gasteiger partial charge on any atom is -0.354 e. The van der Waals surface area contributed by atoms with Crippen LogP contribution in [0, 0.1) is 0 Å². The fraction of sp³-hybridized carbons (Fsp3) is 1.00. The van der Waals surface area contributed by atoms with E-state index in [0.29, 0.717) is 19.0 Å². The molecule has 0 aromatic heterocycles. The molecule has 0 aromatic rings. The summed E-state index contributed by atoms with van der Waals surface area (Å²) in [7, 11) is 1.37. The van der Waals surface area contributed by atoms with Crippen molar-refractivity contribution in [2.75, 3.05) is 0 Å². The third kappa shape index (κ3) is 15.5. The minimum absolute atomic E-state index is 0.0621. The van der Waals surface area contributed by atoms with E-state index < -0.39 is 0 Å². The van der Waals surface area contributed by atoms with Gasteiger partial charge >= 0.3 is 0 Å². The maximum Gasteiger partial charge on any atom is 0.137 e. The monoisotopic (exact) mass is 360 g/mol. The molecule has 0 saturated carbocycles. The molecule has 0 aliphatic rings. The van der Waals surface area contributed by atoms with Gasteiger partial charge in [-0.3, -0.25) is 0 Å². The summed E-state index contributed by atoms with van der Waals surface area (Å²) in [4.78, 5) is 0. The van der Waals surface area contributed by atoms with Gasteiger partial charge in [-0.15, -0.1) is 0 Å². The summed E-state index contributed by atoms with van der Waals surface area (Å²) >= 11 is 0. The Balaban J connectivity index is 4.00. The van der Waals surface area contributed by atoms with Gasteiger partial charge in [-0.25, -0.2) is 0 Å². The van der Waals surface area contributed by atoms with Crippen molar-refractivity contribution in [3.63, 3.8) is 0 Å². The van der Waals surface area contributed by atoms with E-state index in [9.17, 15) is 0 Å². The first-order valence-electron chi connectivity index (χ1n) is 8.79. The van der Waals surface area contributed by atoms with E-state index in [1.807, 2.05) is 0 Å². The summed E-state index contributed by atoms with van der Waals surface area (Å²) in [6, 6.07) is 2.26. The van der Waals surface area contributed by atoms with Crippen LogP contribution in [0.5, 0.6) is 0 Å². The van der Waals surface area contributed by atoms with Crippen molar-refractivity contribution in [1.82, 2.24) is 0 Å². The molecule has 0 amide bonds. The Kier molecular flexibility index (Phi) is 13.7. The summed E-state index contributed by atoms with van der Waals surface area (Å²) in [6.07, 6.45) is 1.98. The first-order valence-corrected chi connectivity index (χ1v) is 11.4. The van der Waals surface area contributed by atoms with Crippen LogP contribution in [-0.2, 0) is 18.9 Å². The average Bonchev–Trinajstić information content (AvgIpc) is 2.34. The maximum absolute atomic E-state index is 5.84. The molecule has 0 spiro atoms. The summed E-state index contributed by atoms with van der Waals surface area (Å²) < 4.78 is 23.3. The Hall–Kier alpha value is 0.274. The third-order valence-corrected chi connectivity index (χ3v) is 5.05. The Morgan fingerprint density at radius 1 is 0.522 bits per heavy atom. The summed E-state index contributed by atoms with van der Waals surface area (Å²) in [6.45, 7) is 16.4. The molecule has 0 aromatic carbocycles. The van der Waals surface area contributed by atoms with Crippen LogP contribution in [0.1, 0.15) is 61.8 Å². The molecule has 0 atom stereocenters. The molecule has 0 fully saturated rings. The van der Waals surface area contributed by atoms with Gasteiger partial charge in [0.25, 0.3) is 0 Å². The Labute approximate surface area is 148 Å². The molecule has 0 rings (SSSR count). The molecular weight excluding hydrogens is 324 g/mol. The van der Waals surface area contributed by atoms with Crippen LogP contribution < -0.4 is 0 Å². The number of ether oxygens (including phenoxy) is 4. The van der Waals surface area contributed by atoms with Gasteiger partial charge in [0, 0.05) is 0 Å². The second-order valence-electron chi connectivity index (χ2n) is 6.67. The molecule has 6 heteroatoms. The third-order valence-electron chi connectivity index (χ3n) is 2.56. The molecule has 0 N–H and O–H groups in total. The molecule has 23 heavy (non-hydrogen) atoms. The number of hydrogen-bond donors (Lipinski definition) is 0. The van der Waals surface area contributed by atoms with Gasteiger partial charge in [-0.1, -0.05) is 18.5 Å². The molecule has 0 aliphatic carbocycles. The predicted octanol–water partition coefficient (Wildman–Crippen LogP) is 3.89. The fourth-order valence-electron chi connectivity index (χ4n) is 1.77. The van der Waals surface area contributed by atoms with Gasteiger partial charge in [0.2, 0.25) is 0 Å². The van der Waals surface area contributed by atoms with Crippen molar-refractivity contribution in [3.8, 4) is 0 Å². The molecule has 0 bridgehead atoms. The lowest BCUT2D eigenvalue weighted by Crippen LogP contribution is -2.31. The van der Waals surface area contributed by atoms with E-state index in [0.717, 1.165) is 18.5 Å². The summed E-state index contributed by atoms with van der Waals surface area (Å²) in [5.41, 5.74) is 0. The lowest BCUT2D eigenvalue weighted by atomic mass is 10.5. The van der Waals surface area contributed by atoms with Crippen LogP contribution in [0.2, 0.25) is 12.1 Å². The van der Waals surface area contributed by atoms with E-state index in [-0.39, 0.29) is 36.2 Å². The van der Waals surface area contributed by atoms with Crippen LogP contribution in [0.4, 0.5) is 0 Å². The lowest BCUT2D eigenvalue weighted by molar-refractivity contribution is -0.134. The maximum atomic E-state index is 5.84. The highest BCUT2D eigenvalue weighted by Gasteiger charge is 2.16. The molecule has 4 nitrogen and oxygen atoms in total. The van der Waals surface area contributed by atoms with Gasteiger partial charge in [-0.2, -0.15) is 0 Å². The smallest absolute Gasteiger partial charge is 0.137 e. The van der Waals surface area contributed by atoms with Crippen molar-refractivity contribution < 1.29 is 18.9 Å². The van der Waals surface area contributed by atoms with Crippen LogP contribution >= 0.6 is 0 Å². The summed E-state index contributed by atoms with van der Waals surface area (Å²) in [5, 5.41) is 0. The molecule has 0 unspecified atom stereocenters. The van der Waals surface area contributed by atoms with Gasteiger partial charge in [-0.05, 0) is 55.4 Å². The van der Waals surface area contributed by atoms with Crippen molar-refractivity contribution >= 4 is 19.0 Å². The van der Waals surface area contributed by atoms with Gasteiger partial charge in [0.15, 0.2) is 0 Å². The Bertz CT molecular complexity index is 227. The van der Waals surface area contributed by atoms with E-state index in [1.54, 1.807) is 0 Å². The van der Waals surface area contributed by atoms with Gasteiger partial charge in [0.1, 0.15) is 30.9 Å². The zero-order chi connectivity index (χ0) is 17.8. The summed E-state index contributed by atoms with van der Waals surface area (Å²) in [5.74, 6) is -0.124. The van der Waals surface area contributed by atoms with Gasteiger partial charge < -0.3 is 18.9 Å². The quantitative estimate of drug-likeness (QED) is 0.267. The second kappa shape index (κ2) is 13.6. The largest absolute Gasteiger partial charge is 0.354 e. The van der Waals surface area contributed by atoms with E-state index in [4.69, 9.17) is 18.9 Å². The highest BCUT2D eigenvalue weighted by molar-refractivity contribution is 6.38. The average molecular weight is 361 g/mol. The SMILES string of the molecule is CC(C)OC(OC(C)C)[Si]CCC[Si]C(OC(C)C)OC(C)C. The van der Waals surface area contributed by atoms with Crippen molar-refractivity contribution in [2.24, 2.45) is 0 Å². The topological polar surface area (TPSA) is 36.9 Å². The molecule has 4 radical (unpaired) electrons. The highest BCUT2D eigenvalue weighted by Crippen LogP contribution is 2.09. The first kappa shape index (κ1) is 23.3. The molecule has 0 heterocycles. The standard InChI is InChI=1S/C17H36O4Si2/c1-12(2)18-16(19-13(3)4)22-10-9-11-23-17(20-14(5)6)21-15(7)8/h12-17H,9-11H2,1-8H3. The molecule has 136 valence electrons. The molecule has 0 aliphatic heterocycles. The Morgan fingerprint density at radius 3 is 1.00 bits per heavy atom. The number of rotatable bonds is 14. The zero-order valence-corrected chi connectivity index (χ0v) is 18.2. The van der Waals surface area contributed by atoms with Crippen LogP contribution in [-0.4, -0.2) is 55.3 Å². The minimum atomic E-state index is -0.0621. The zero-order valence-electron chi connectivity index (χ0n) is 16.2. The lowest BCUT2D eigenvalue weighted by Gasteiger charge is -2.23. The van der Waals surface area contributed by atoms with E-state index in [2.05, 4.69) is 55.4 Å². The van der Waals surface area contributed by atoms with Crippen molar-refractivity contribution in [1.29, 1.82) is 0 Å². The number of hydrogen-bond acceptors (Lipinski definition) is 4.